The molecule has 0 aliphatic rings. The Kier molecular flexibility index (Phi) is 8.72. The average Bonchev–Trinajstić information content (AvgIpc) is 2.37. The third-order valence-corrected chi connectivity index (χ3v) is 3.75. The minimum absolute atomic E-state index is 0.0615. The molecule has 0 fully saturated rings. The summed E-state index contributed by atoms with van der Waals surface area (Å²) in [6, 6.07) is 0. The summed E-state index contributed by atoms with van der Waals surface area (Å²) >= 11 is 0. The van der Waals surface area contributed by atoms with Gasteiger partial charge in [0.25, 0.3) is 0 Å². The van der Waals surface area contributed by atoms with Crippen molar-refractivity contribution in [2.45, 2.75) is 59.0 Å². The fourth-order valence-electron chi connectivity index (χ4n) is 2.10. The molecule has 126 valence electrons. The summed E-state index contributed by atoms with van der Waals surface area (Å²) in [6.45, 7) is 7.65. The number of hydrogen-bond donors (Lipinski definition) is 2. The highest BCUT2D eigenvalue weighted by Crippen LogP contribution is 2.21. The SMILES string of the molecule is COC(C)(C)CCC[C@@H](C)C/C=C(C(=O)O)\C(C)=C/C(=O)O. The summed E-state index contributed by atoms with van der Waals surface area (Å²) in [4.78, 5) is 21.8. The van der Waals surface area contributed by atoms with E-state index in [2.05, 4.69) is 6.92 Å². The number of ether oxygens (including phenoxy) is 1. The zero-order chi connectivity index (χ0) is 17.3. The average molecular weight is 312 g/mol. The van der Waals surface area contributed by atoms with E-state index in [1.807, 2.05) is 13.8 Å². The second-order valence-corrected chi connectivity index (χ2v) is 6.29. The van der Waals surface area contributed by atoms with Crippen molar-refractivity contribution in [3.63, 3.8) is 0 Å². The van der Waals surface area contributed by atoms with E-state index in [9.17, 15) is 9.59 Å². The molecule has 0 spiro atoms. The molecule has 2 N–H and O–H groups in total. The van der Waals surface area contributed by atoms with Crippen LogP contribution in [0.15, 0.2) is 23.3 Å². The Morgan fingerprint density at radius 2 is 1.86 bits per heavy atom. The molecule has 0 aliphatic heterocycles. The fourth-order valence-corrected chi connectivity index (χ4v) is 2.10. The normalized spacial score (nSPS) is 14.8. The number of aliphatic carboxylic acids is 2. The van der Waals surface area contributed by atoms with Gasteiger partial charge in [0.2, 0.25) is 0 Å². The zero-order valence-electron chi connectivity index (χ0n) is 14.2. The second-order valence-electron chi connectivity index (χ2n) is 6.29. The van der Waals surface area contributed by atoms with Crippen LogP contribution in [-0.2, 0) is 14.3 Å². The molecule has 0 unspecified atom stereocenters. The summed E-state index contributed by atoms with van der Waals surface area (Å²) in [5.74, 6) is -1.90. The number of carbonyl (C=O) groups is 2. The molecule has 0 aliphatic carbocycles. The molecule has 0 bridgehead atoms. The van der Waals surface area contributed by atoms with E-state index in [4.69, 9.17) is 14.9 Å². The quantitative estimate of drug-likeness (QED) is 0.475. The van der Waals surface area contributed by atoms with Crippen LogP contribution >= 0.6 is 0 Å². The highest BCUT2D eigenvalue weighted by molar-refractivity contribution is 5.94. The first kappa shape index (κ1) is 20.4. The molecule has 0 aromatic rings. The molecule has 5 nitrogen and oxygen atoms in total. The highest BCUT2D eigenvalue weighted by atomic mass is 16.5. The van der Waals surface area contributed by atoms with Gasteiger partial charge in [0.1, 0.15) is 0 Å². The van der Waals surface area contributed by atoms with Crippen LogP contribution in [0.25, 0.3) is 0 Å². The van der Waals surface area contributed by atoms with Gasteiger partial charge in [-0.05, 0) is 45.1 Å². The van der Waals surface area contributed by atoms with E-state index >= 15 is 0 Å². The molecular weight excluding hydrogens is 284 g/mol. The third kappa shape index (κ3) is 8.62. The number of methoxy groups -OCH3 is 1. The zero-order valence-corrected chi connectivity index (χ0v) is 14.2. The van der Waals surface area contributed by atoms with Gasteiger partial charge >= 0.3 is 11.9 Å². The first-order valence-corrected chi connectivity index (χ1v) is 7.49. The number of allylic oxidation sites excluding steroid dienone is 1. The van der Waals surface area contributed by atoms with Gasteiger partial charge in [0.05, 0.1) is 11.2 Å². The van der Waals surface area contributed by atoms with Crippen LogP contribution in [0, 0.1) is 5.92 Å². The minimum atomic E-state index is -1.14. The van der Waals surface area contributed by atoms with Gasteiger partial charge in [-0.15, -0.1) is 0 Å². The Morgan fingerprint density at radius 1 is 1.27 bits per heavy atom. The van der Waals surface area contributed by atoms with Gasteiger partial charge in [0, 0.05) is 13.2 Å². The molecule has 5 heteroatoms. The van der Waals surface area contributed by atoms with Gasteiger partial charge < -0.3 is 14.9 Å². The van der Waals surface area contributed by atoms with Crippen LogP contribution in [0.5, 0.6) is 0 Å². The summed E-state index contributed by atoms with van der Waals surface area (Å²) in [6.07, 6.45) is 6.07. The van der Waals surface area contributed by atoms with Gasteiger partial charge in [-0.25, -0.2) is 9.59 Å². The largest absolute Gasteiger partial charge is 0.478 e. The Balaban J connectivity index is 4.57. The van der Waals surface area contributed by atoms with Crippen LogP contribution in [0.4, 0.5) is 0 Å². The lowest BCUT2D eigenvalue weighted by atomic mass is 9.93. The van der Waals surface area contributed by atoms with Crippen molar-refractivity contribution in [1.82, 2.24) is 0 Å². The fraction of sp³-hybridized carbons (Fsp3) is 0.647. The van der Waals surface area contributed by atoms with Crippen LogP contribution < -0.4 is 0 Å². The molecular formula is C17H28O5. The molecule has 0 saturated heterocycles. The molecule has 22 heavy (non-hydrogen) atoms. The summed E-state index contributed by atoms with van der Waals surface area (Å²) in [7, 11) is 1.70. The van der Waals surface area contributed by atoms with E-state index in [-0.39, 0.29) is 16.7 Å². The maximum Gasteiger partial charge on any atom is 0.335 e. The monoisotopic (exact) mass is 312 g/mol. The highest BCUT2D eigenvalue weighted by Gasteiger charge is 2.16. The molecule has 0 amide bonds. The number of rotatable bonds is 10. The molecule has 0 aromatic carbocycles. The summed E-state index contributed by atoms with van der Waals surface area (Å²) < 4.78 is 5.36. The third-order valence-electron chi connectivity index (χ3n) is 3.75. The van der Waals surface area contributed by atoms with Crippen LogP contribution in [0.3, 0.4) is 0 Å². The van der Waals surface area contributed by atoms with E-state index < -0.39 is 11.9 Å². The summed E-state index contributed by atoms with van der Waals surface area (Å²) in [5, 5.41) is 17.9. The molecule has 0 radical (unpaired) electrons. The predicted octanol–water partition coefficient (Wildman–Crippen LogP) is 3.65. The van der Waals surface area contributed by atoms with Crippen LogP contribution in [0.1, 0.15) is 53.4 Å². The standard InChI is InChI=1S/C17H28O5/c1-12(7-6-10-17(3,4)22-5)8-9-14(16(20)21)13(2)11-15(18)19/h9,11-12H,6-8,10H2,1-5H3,(H,18,19)(H,20,21)/b13-11-,14-9+/t12-/m1/s1. The first-order valence-electron chi connectivity index (χ1n) is 7.49. The van der Waals surface area contributed by atoms with Gasteiger partial charge in [0.15, 0.2) is 0 Å². The van der Waals surface area contributed by atoms with Crippen LogP contribution in [0.2, 0.25) is 0 Å². The van der Waals surface area contributed by atoms with Gasteiger partial charge in [-0.1, -0.05) is 25.8 Å². The number of carboxylic acid groups (broad SMARTS) is 2. The maximum absolute atomic E-state index is 11.2. The van der Waals surface area contributed by atoms with E-state index in [0.717, 1.165) is 25.3 Å². The number of hydrogen-bond acceptors (Lipinski definition) is 3. The first-order chi connectivity index (χ1) is 10.1. The van der Waals surface area contributed by atoms with Crippen molar-refractivity contribution in [2.24, 2.45) is 5.92 Å². The Bertz CT molecular complexity index is 446. The van der Waals surface area contributed by atoms with E-state index in [1.54, 1.807) is 13.2 Å². The van der Waals surface area contributed by atoms with Crippen molar-refractivity contribution in [3.8, 4) is 0 Å². The predicted molar refractivity (Wildman–Crippen MR) is 85.8 cm³/mol. The lowest BCUT2D eigenvalue weighted by molar-refractivity contribution is -0.132. The van der Waals surface area contributed by atoms with Gasteiger partial charge in [-0.3, -0.25) is 0 Å². The maximum atomic E-state index is 11.2. The van der Waals surface area contributed by atoms with Gasteiger partial charge in [-0.2, -0.15) is 0 Å². The van der Waals surface area contributed by atoms with Crippen molar-refractivity contribution in [1.29, 1.82) is 0 Å². The second kappa shape index (κ2) is 9.41. The van der Waals surface area contributed by atoms with Crippen molar-refractivity contribution in [2.75, 3.05) is 7.11 Å². The smallest absolute Gasteiger partial charge is 0.335 e. The molecule has 0 rings (SSSR count). The lowest BCUT2D eigenvalue weighted by Gasteiger charge is -2.23. The minimum Gasteiger partial charge on any atom is -0.478 e. The topological polar surface area (TPSA) is 83.8 Å². The van der Waals surface area contributed by atoms with Crippen molar-refractivity contribution >= 4 is 11.9 Å². The Labute approximate surface area is 132 Å². The molecule has 0 aromatic heterocycles. The molecule has 1 atom stereocenters. The summed E-state index contributed by atoms with van der Waals surface area (Å²) in [5.41, 5.74) is 0.182. The van der Waals surface area contributed by atoms with Crippen molar-refractivity contribution < 1.29 is 24.5 Å². The van der Waals surface area contributed by atoms with Crippen LogP contribution in [-0.4, -0.2) is 34.9 Å². The molecule has 0 heterocycles. The Morgan fingerprint density at radius 3 is 2.32 bits per heavy atom. The van der Waals surface area contributed by atoms with E-state index in [0.29, 0.717) is 12.3 Å². The number of carboxylic acids is 2. The molecule has 0 saturated carbocycles. The van der Waals surface area contributed by atoms with Crippen molar-refractivity contribution in [3.05, 3.63) is 23.3 Å². The van der Waals surface area contributed by atoms with E-state index in [1.165, 1.54) is 6.92 Å². The Hall–Kier alpha value is -1.62. The lowest BCUT2D eigenvalue weighted by Crippen LogP contribution is -2.22.